The Bertz CT molecular complexity index is 677. The summed E-state index contributed by atoms with van der Waals surface area (Å²) in [5.74, 6) is -0.451. The Labute approximate surface area is 139 Å². The highest BCUT2D eigenvalue weighted by molar-refractivity contribution is 6.31. The van der Waals surface area contributed by atoms with Crippen molar-refractivity contribution in [2.75, 3.05) is 0 Å². The maximum Gasteiger partial charge on any atom is 0.312 e. The summed E-state index contributed by atoms with van der Waals surface area (Å²) in [7, 11) is 0. The second-order valence-corrected chi connectivity index (χ2v) is 5.34. The molecule has 2 aromatic rings. The Balaban J connectivity index is 2.01. The first-order valence-corrected chi connectivity index (χ1v) is 7.44. The zero-order valence-corrected chi connectivity index (χ0v) is 13.1. The van der Waals surface area contributed by atoms with E-state index in [4.69, 9.17) is 22.1 Å². The fourth-order valence-corrected chi connectivity index (χ4v) is 2.40. The van der Waals surface area contributed by atoms with Crippen LogP contribution in [0.2, 0.25) is 5.02 Å². The molecule has 2 aromatic carbocycles. The normalized spacial score (nSPS) is 11.5. The Morgan fingerprint density at radius 2 is 1.74 bits per heavy atom. The van der Waals surface area contributed by atoms with Crippen LogP contribution >= 0.6 is 11.6 Å². The molecule has 0 aliphatic rings. The first kappa shape index (κ1) is 16.8. The van der Waals surface area contributed by atoms with Gasteiger partial charge in [-0.25, -0.2) is 4.79 Å². The van der Waals surface area contributed by atoms with Crippen LogP contribution in [0.1, 0.15) is 23.6 Å². The summed E-state index contributed by atoms with van der Waals surface area (Å²) < 4.78 is 5.23. The molecule has 2 rings (SSSR count). The Morgan fingerprint density at radius 3 is 2.39 bits per heavy atom. The van der Waals surface area contributed by atoms with E-state index in [1.54, 1.807) is 24.3 Å². The predicted molar refractivity (Wildman–Crippen MR) is 87.8 cm³/mol. The van der Waals surface area contributed by atoms with Gasteiger partial charge in [-0.3, -0.25) is 4.79 Å². The summed E-state index contributed by atoms with van der Waals surface area (Å²) in [5, 5.41) is 2.97. The third-order valence-electron chi connectivity index (χ3n) is 3.21. The van der Waals surface area contributed by atoms with Crippen molar-refractivity contribution in [1.29, 1.82) is 0 Å². The van der Waals surface area contributed by atoms with E-state index in [-0.39, 0.29) is 13.0 Å². The SMILES string of the molecule is NC(=O)N[C@@H](CC(=O)OCc1ccccc1)c1ccccc1Cl. The van der Waals surface area contributed by atoms with Gasteiger partial charge in [-0.1, -0.05) is 60.1 Å². The molecule has 5 nitrogen and oxygen atoms in total. The van der Waals surface area contributed by atoms with Crippen molar-refractivity contribution in [3.8, 4) is 0 Å². The van der Waals surface area contributed by atoms with Gasteiger partial charge in [0, 0.05) is 5.02 Å². The van der Waals surface area contributed by atoms with Gasteiger partial charge >= 0.3 is 12.0 Å². The molecule has 0 bridgehead atoms. The van der Waals surface area contributed by atoms with Gasteiger partial charge in [0.15, 0.2) is 0 Å². The molecular weight excluding hydrogens is 316 g/mol. The maximum absolute atomic E-state index is 12.0. The van der Waals surface area contributed by atoms with Gasteiger partial charge in [-0.05, 0) is 17.2 Å². The van der Waals surface area contributed by atoms with E-state index in [0.29, 0.717) is 10.6 Å². The fraction of sp³-hybridized carbons (Fsp3) is 0.176. The lowest BCUT2D eigenvalue weighted by atomic mass is 10.0. The number of esters is 1. The third kappa shape index (κ3) is 5.30. The molecule has 0 unspecified atom stereocenters. The van der Waals surface area contributed by atoms with E-state index in [9.17, 15) is 9.59 Å². The van der Waals surface area contributed by atoms with Crippen molar-refractivity contribution in [1.82, 2.24) is 5.32 Å². The molecule has 0 heterocycles. The molecule has 6 heteroatoms. The minimum absolute atomic E-state index is 0.0560. The lowest BCUT2D eigenvalue weighted by Crippen LogP contribution is -2.34. The van der Waals surface area contributed by atoms with Gasteiger partial charge in [-0.15, -0.1) is 0 Å². The minimum Gasteiger partial charge on any atom is -0.461 e. The molecule has 0 radical (unpaired) electrons. The molecule has 2 amide bonds. The molecule has 23 heavy (non-hydrogen) atoms. The summed E-state index contributed by atoms with van der Waals surface area (Å²) in [5.41, 5.74) is 6.68. The summed E-state index contributed by atoms with van der Waals surface area (Å²) in [4.78, 5) is 23.2. The first-order valence-electron chi connectivity index (χ1n) is 7.06. The number of carbonyl (C=O) groups is 2. The van der Waals surface area contributed by atoms with Gasteiger partial charge in [0.1, 0.15) is 6.61 Å². The van der Waals surface area contributed by atoms with Crippen LogP contribution in [0.15, 0.2) is 54.6 Å². The number of hydrogen-bond acceptors (Lipinski definition) is 3. The second kappa shape index (κ2) is 8.19. The van der Waals surface area contributed by atoms with Crippen LogP contribution < -0.4 is 11.1 Å². The molecule has 0 saturated carbocycles. The summed E-state index contributed by atoms with van der Waals surface area (Å²) in [6.45, 7) is 0.172. The monoisotopic (exact) mass is 332 g/mol. The van der Waals surface area contributed by atoms with Crippen molar-refractivity contribution >= 4 is 23.6 Å². The first-order chi connectivity index (χ1) is 11.1. The van der Waals surface area contributed by atoms with E-state index < -0.39 is 18.0 Å². The maximum atomic E-state index is 12.0. The Kier molecular flexibility index (Phi) is 6.00. The van der Waals surface area contributed by atoms with Crippen molar-refractivity contribution < 1.29 is 14.3 Å². The van der Waals surface area contributed by atoms with Crippen LogP contribution in [0.3, 0.4) is 0 Å². The smallest absolute Gasteiger partial charge is 0.312 e. The highest BCUT2D eigenvalue weighted by Crippen LogP contribution is 2.25. The van der Waals surface area contributed by atoms with E-state index in [2.05, 4.69) is 5.32 Å². The molecule has 1 atom stereocenters. The zero-order chi connectivity index (χ0) is 16.7. The van der Waals surface area contributed by atoms with Crippen LogP contribution in [0.4, 0.5) is 4.79 Å². The number of urea groups is 1. The lowest BCUT2D eigenvalue weighted by molar-refractivity contribution is -0.145. The topological polar surface area (TPSA) is 81.4 Å². The van der Waals surface area contributed by atoms with Crippen LogP contribution in [0, 0.1) is 0 Å². The van der Waals surface area contributed by atoms with Crippen molar-refractivity contribution in [3.05, 3.63) is 70.7 Å². The van der Waals surface area contributed by atoms with Gasteiger partial charge in [-0.2, -0.15) is 0 Å². The fourth-order valence-electron chi connectivity index (χ4n) is 2.13. The molecule has 0 aliphatic heterocycles. The third-order valence-corrected chi connectivity index (χ3v) is 3.55. The average molecular weight is 333 g/mol. The van der Waals surface area contributed by atoms with Crippen LogP contribution in [-0.4, -0.2) is 12.0 Å². The van der Waals surface area contributed by atoms with Gasteiger partial charge in [0.25, 0.3) is 0 Å². The summed E-state index contributed by atoms with van der Waals surface area (Å²) >= 11 is 6.11. The van der Waals surface area contributed by atoms with E-state index in [1.807, 2.05) is 30.3 Å². The average Bonchev–Trinajstić information content (AvgIpc) is 2.53. The summed E-state index contributed by atoms with van der Waals surface area (Å²) in [6.07, 6.45) is -0.0560. The molecule has 0 aromatic heterocycles. The molecule has 120 valence electrons. The molecule has 0 fully saturated rings. The number of nitrogens with one attached hydrogen (secondary N) is 1. The predicted octanol–water partition coefficient (Wildman–Crippen LogP) is 3.18. The summed E-state index contributed by atoms with van der Waals surface area (Å²) in [6, 6.07) is 14.9. The molecule has 0 aliphatic carbocycles. The minimum atomic E-state index is -0.731. The van der Waals surface area contributed by atoms with Crippen molar-refractivity contribution in [3.63, 3.8) is 0 Å². The second-order valence-electron chi connectivity index (χ2n) is 4.93. The molecular formula is C17H17ClN2O3. The quantitative estimate of drug-likeness (QED) is 0.797. The number of primary amides is 1. The number of halogens is 1. The van der Waals surface area contributed by atoms with Crippen LogP contribution in [0.5, 0.6) is 0 Å². The number of carbonyl (C=O) groups excluding carboxylic acids is 2. The number of amides is 2. The number of ether oxygens (including phenoxy) is 1. The highest BCUT2D eigenvalue weighted by Gasteiger charge is 2.20. The largest absolute Gasteiger partial charge is 0.461 e. The van der Waals surface area contributed by atoms with E-state index in [0.717, 1.165) is 5.56 Å². The van der Waals surface area contributed by atoms with Gasteiger partial charge < -0.3 is 15.8 Å². The van der Waals surface area contributed by atoms with Crippen LogP contribution in [0.25, 0.3) is 0 Å². The Morgan fingerprint density at radius 1 is 1.09 bits per heavy atom. The highest BCUT2D eigenvalue weighted by atomic mass is 35.5. The van der Waals surface area contributed by atoms with Gasteiger partial charge in [0.05, 0.1) is 12.5 Å². The molecule has 0 spiro atoms. The molecule has 3 N–H and O–H groups in total. The lowest BCUT2D eigenvalue weighted by Gasteiger charge is -2.18. The zero-order valence-electron chi connectivity index (χ0n) is 12.4. The van der Waals surface area contributed by atoms with E-state index >= 15 is 0 Å². The van der Waals surface area contributed by atoms with E-state index in [1.165, 1.54) is 0 Å². The number of hydrogen-bond donors (Lipinski definition) is 2. The standard InChI is InChI=1S/C17H17ClN2O3/c18-14-9-5-4-8-13(14)15(20-17(19)22)10-16(21)23-11-12-6-2-1-3-7-12/h1-9,15H,10-11H2,(H3,19,20,22)/t15-/m0/s1. The number of benzene rings is 2. The van der Waals surface area contributed by atoms with Crippen molar-refractivity contribution in [2.45, 2.75) is 19.1 Å². The van der Waals surface area contributed by atoms with Gasteiger partial charge in [0.2, 0.25) is 0 Å². The van der Waals surface area contributed by atoms with Crippen LogP contribution in [-0.2, 0) is 16.1 Å². The number of rotatable bonds is 6. The molecule has 0 saturated heterocycles. The van der Waals surface area contributed by atoms with Crippen molar-refractivity contribution in [2.24, 2.45) is 5.73 Å². The Hall–Kier alpha value is -2.53. The number of nitrogens with two attached hydrogens (primary N) is 1.